The summed E-state index contributed by atoms with van der Waals surface area (Å²) >= 11 is 0. The number of rotatable bonds is 1. The molecule has 4 fully saturated rings. The third-order valence-corrected chi connectivity index (χ3v) is 3.96. The molecule has 4 bridgehead atoms. The second-order valence-corrected chi connectivity index (χ2v) is 4.81. The predicted octanol–water partition coefficient (Wildman–Crippen LogP) is 1.21. The molecule has 4 heteroatoms. The Hall–Kier alpha value is -0.610. The van der Waals surface area contributed by atoms with Crippen LogP contribution in [0.4, 0.5) is 0 Å². The maximum atomic E-state index is 11.6. The quantitative estimate of drug-likeness (QED) is 0.391. The molecule has 4 rings (SSSR count). The number of carbonyl (C=O) groups is 1. The van der Waals surface area contributed by atoms with Crippen molar-refractivity contribution in [3.05, 3.63) is 0 Å². The fraction of sp³-hybridized carbons (Fsp3) is 0.900. The van der Waals surface area contributed by atoms with Crippen LogP contribution in [-0.2, 0) is 14.4 Å². The molecule has 0 aromatic carbocycles. The van der Waals surface area contributed by atoms with Gasteiger partial charge in [0.1, 0.15) is 12.2 Å². The summed E-state index contributed by atoms with van der Waals surface area (Å²) in [5.41, 5.74) is 0. The molecule has 14 heavy (non-hydrogen) atoms. The molecule has 0 aromatic heterocycles. The Bertz CT molecular complexity index is 265. The summed E-state index contributed by atoms with van der Waals surface area (Å²) in [4.78, 5) is 16.0. The highest BCUT2D eigenvalue weighted by Crippen LogP contribution is 2.47. The molecule has 2 saturated carbocycles. The molecule has 5 unspecified atom stereocenters. The lowest BCUT2D eigenvalue weighted by atomic mass is 9.67. The minimum atomic E-state index is -0.277. The lowest BCUT2D eigenvalue weighted by Gasteiger charge is -2.40. The fourth-order valence-electron chi connectivity index (χ4n) is 3.42. The topological polar surface area (TPSA) is 55.8 Å². The van der Waals surface area contributed by atoms with Crippen LogP contribution in [0.2, 0.25) is 0 Å². The molecule has 2 aliphatic heterocycles. The largest absolute Gasteiger partial charge is 0.459 e. The van der Waals surface area contributed by atoms with E-state index < -0.39 is 0 Å². The van der Waals surface area contributed by atoms with Crippen LogP contribution >= 0.6 is 0 Å². The smallest absolute Gasteiger partial charge is 0.309 e. The van der Waals surface area contributed by atoms with Crippen molar-refractivity contribution in [2.75, 3.05) is 0 Å². The van der Waals surface area contributed by atoms with Gasteiger partial charge in [-0.1, -0.05) is 0 Å². The Morgan fingerprint density at radius 2 is 2.14 bits per heavy atom. The lowest BCUT2D eigenvalue weighted by molar-refractivity contribution is -0.316. The van der Waals surface area contributed by atoms with E-state index in [0.717, 1.165) is 25.7 Å². The van der Waals surface area contributed by atoms with E-state index in [1.807, 2.05) is 0 Å². The second-order valence-electron chi connectivity index (χ2n) is 4.81. The zero-order valence-corrected chi connectivity index (χ0v) is 7.89. The number of carbonyl (C=O) groups excluding carboxylic acids is 1. The van der Waals surface area contributed by atoms with E-state index in [0.29, 0.717) is 11.8 Å². The first-order chi connectivity index (χ1) is 6.78. The molecular formula is C10H14O4. The van der Waals surface area contributed by atoms with Gasteiger partial charge in [0.2, 0.25) is 0 Å². The van der Waals surface area contributed by atoms with Gasteiger partial charge >= 0.3 is 5.97 Å². The molecule has 78 valence electrons. The van der Waals surface area contributed by atoms with Crippen LogP contribution in [0.3, 0.4) is 0 Å². The van der Waals surface area contributed by atoms with Gasteiger partial charge in [0.15, 0.2) is 0 Å². The number of hydrogen-bond donors (Lipinski definition) is 1. The van der Waals surface area contributed by atoms with Gasteiger partial charge in [0, 0.05) is 0 Å². The molecule has 0 radical (unpaired) electrons. The Morgan fingerprint density at radius 1 is 1.29 bits per heavy atom. The molecule has 4 aliphatic rings. The first kappa shape index (κ1) is 8.68. The highest BCUT2D eigenvalue weighted by Gasteiger charge is 2.50. The van der Waals surface area contributed by atoms with Gasteiger partial charge in [0.05, 0.1) is 5.92 Å². The van der Waals surface area contributed by atoms with Crippen molar-refractivity contribution in [2.24, 2.45) is 17.8 Å². The van der Waals surface area contributed by atoms with Crippen molar-refractivity contribution in [1.82, 2.24) is 0 Å². The summed E-state index contributed by atoms with van der Waals surface area (Å²) in [6.45, 7) is 0. The minimum Gasteiger partial charge on any atom is -0.459 e. The van der Waals surface area contributed by atoms with Crippen molar-refractivity contribution < 1.29 is 19.7 Å². The van der Waals surface area contributed by atoms with Gasteiger partial charge in [-0.05, 0) is 37.5 Å². The van der Waals surface area contributed by atoms with Crippen LogP contribution in [0.25, 0.3) is 0 Å². The Balaban J connectivity index is 1.94. The summed E-state index contributed by atoms with van der Waals surface area (Å²) in [7, 11) is 0. The average molecular weight is 198 g/mol. The van der Waals surface area contributed by atoms with Gasteiger partial charge < -0.3 is 4.74 Å². The third-order valence-electron chi connectivity index (χ3n) is 3.96. The van der Waals surface area contributed by atoms with Crippen molar-refractivity contribution in [3.8, 4) is 0 Å². The van der Waals surface area contributed by atoms with Gasteiger partial charge in [-0.25, -0.2) is 4.89 Å². The highest BCUT2D eigenvalue weighted by molar-refractivity contribution is 5.73. The maximum absolute atomic E-state index is 11.6. The van der Waals surface area contributed by atoms with Crippen molar-refractivity contribution >= 4 is 5.97 Å². The maximum Gasteiger partial charge on any atom is 0.309 e. The van der Waals surface area contributed by atoms with Crippen LogP contribution in [0.15, 0.2) is 0 Å². The zero-order chi connectivity index (χ0) is 9.71. The van der Waals surface area contributed by atoms with E-state index in [4.69, 9.17) is 9.99 Å². The second kappa shape index (κ2) is 2.94. The van der Waals surface area contributed by atoms with E-state index in [2.05, 4.69) is 4.89 Å². The van der Waals surface area contributed by atoms with Crippen LogP contribution in [-0.4, -0.2) is 23.4 Å². The SMILES string of the molecule is O=C1OC2CC3CC1CC(C3)C2OO. The predicted molar refractivity (Wildman–Crippen MR) is 46.3 cm³/mol. The zero-order valence-electron chi connectivity index (χ0n) is 7.89. The summed E-state index contributed by atoms with van der Waals surface area (Å²) < 4.78 is 5.32. The van der Waals surface area contributed by atoms with Crippen molar-refractivity contribution in [2.45, 2.75) is 37.9 Å². The molecule has 1 N–H and O–H groups in total. The van der Waals surface area contributed by atoms with Crippen LogP contribution in [0.1, 0.15) is 25.7 Å². The molecule has 0 amide bonds. The average Bonchev–Trinajstić information content (AvgIpc) is 2.31. The Kier molecular flexibility index (Phi) is 1.82. The molecule has 2 heterocycles. The molecule has 2 saturated heterocycles. The third kappa shape index (κ3) is 1.10. The van der Waals surface area contributed by atoms with E-state index in [1.165, 1.54) is 0 Å². The number of esters is 1. The van der Waals surface area contributed by atoms with E-state index in [1.54, 1.807) is 0 Å². The van der Waals surface area contributed by atoms with Crippen LogP contribution in [0.5, 0.6) is 0 Å². The molecule has 0 spiro atoms. The number of fused-ring (bicyclic) bond motifs is 1. The standard InChI is InChI=1S/C10H14O4/c11-10-7-2-5-1-6(4-7)9(14-12)8(3-5)13-10/h5-9,12H,1-4H2. The van der Waals surface area contributed by atoms with Crippen molar-refractivity contribution in [3.63, 3.8) is 0 Å². The molecule has 0 aromatic rings. The number of hydrogen-bond acceptors (Lipinski definition) is 4. The van der Waals surface area contributed by atoms with Crippen molar-refractivity contribution in [1.29, 1.82) is 0 Å². The van der Waals surface area contributed by atoms with Gasteiger partial charge in [-0.3, -0.25) is 10.1 Å². The highest BCUT2D eigenvalue weighted by atomic mass is 17.1. The summed E-state index contributed by atoms with van der Waals surface area (Å²) in [5.74, 6) is 0.890. The van der Waals surface area contributed by atoms with E-state index in [9.17, 15) is 4.79 Å². The molecule has 2 aliphatic carbocycles. The van der Waals surface area contributed by atoms with E-state index >= 15 is 0 Å². The Morgan fingerprint density at radius 3 is 2.93 bits per heavy atom. The normalized spacial score (nSPS) is 50.4. The monoisotopic (exact) mass is 198 g/mol. The number of ether oxygens (including phenoxy) is 1. The van der Waals surface area contributed by atoms with Gasteiger partial charge in [0.25, 0.3) is 0 Å². The van der Waals surface area contributed by atoms with Crippen LogP contribution < -0.4 is 0 Å². The lowest BCUT2D eigenvalue weighted by Crippen LogP contribution is -2.43. The summed E-state index contributed by atoms with van der Waals surface area (Å²) in [6, 6.07) is 0. The van der Waals surface area contributed by atoms with Gasteiger partial charge in [-0.15, -0.1) is 0 Å². The molecule has 4 nitrogen and oxygen atoms in total. The van der Waals surface area contributed by atoms with E-state index in [-0.39, 0.29) is 24.1 Å². The minimum absolute atomic E-state index is 0.0592. The molecular weight excluding hydrogens is 184 g/mol. The molecule has 5 atom stereocenters. The van der Waals surface area contributed by atoms with Crippen LogP contribution in [0, 0.1) is 17.8 Å². The first-order valence-electron chi connectivity index (χ1n) is 5.28. The fourth-order valence-corrected chi connectivity index (χ4v) is 3.42. The Labute approximate surface area is 82.1 Å². The summed E-state index contributed by atoms with van der Waals surface area (Å²) in [5, 5.41) is 8.82. The summed E-state index contributed by atoms with van der Waals surface area (Å²) in [6.07, 6.45) is 3.27. The van der Waals surface area contributed by atoms with Gasteiger partial charge in [-0.2, -0.15) is 0 Å². The first-order valence-corrected chi connectivity index (χ1v) is 5.28.